The Kier molecular flexibility index (Phi) is 5.25. The third-order valence-electron chi connectivity index (χ3n) is 7.71. The molecule has 0 amide bonds. The number of fused-ring (bicyclic) bond motifs is 8. The van der Waals surface area contributed by atoms with E-state index in [9.17, 15) is 0 Å². The Hall–Kier alpha value is -4.12. The molecule has 1 spiro atoms. The van der Waals surface area contributed by atoms with Crippen molar-refractivity contribution in [1.29, 1.82) is 0 Å². The van der Waals surface area contributed by atoms with Crippen molar-refractivity contribution in [2.45, 2.75) is 25.0 Å². The molecule has 0 aliphatic carbocycles. The molecule has 0 fully saturated rings. The summed E-state index contributed by atoms with van der Waals surface area (Å²) in [5.74, 6) is 0. The number of hydrogen-bond acceptors (Lipinski definition) is 4. The average Bonchev–Trinajstić information content (AvgIpc) is 3.01. The van der Waals surface area contributed by atoms with Crippen molar-refractivity contribution >= 4 is 23.5 Å². The van der Waals surface area contributed by atoms with Crippen molar-refractivity contribution in [3.05, 3.63) is 156 Å². The van der Waals surface area contributed by atoms with Crippen LogP contribution in [-0.2, 0) is 5.41 Å². The summed E-state index contributed by atoms with van der Waals surface area (Å²) in [7, 11) is 0. The zero-order valence-electron chi connectivity index (χ0n) is 20.9. The quantitative estimate of drug-likeness (QED) is 0.221. The highest BCUT2D eigenvalue weighted by Gasteiger charge is 2.48. The van der Waals surface area contributed by atoms with Crippen LogP contribution in [0, 0.1) is 0 Å². The summed E-state index contributed by atoms with van der Waals surface area (Å²) >= 11 is 3.73. The van der Waals surface area contributed by atoms with Crippen molar-refractivity contribution in [1.82, 2.24) is 9.97 Å². The highest BCUT2D eigenvalue weighted by Crippen LogP contribution is 2.62. The fourth-order valence-corrected chi connectivity index (χ4v) is 8.52. The fourth-order valence-electron chi connectivity index (χ4n) is 6.06. The summed E-state index contributed by atoms with van der Waals surface area (Å²) in [6.07, 6.45) is 3.73. The molecule has 0 N–H and O–H groups in total. The number of aromatic nitrogens is 2. The summed E-state index contributed by atoms with van der Waals surface area (Å²) in [5, 5.41) is 0. The summed E-state index contributed by atoms with van der Waals surface area (Å²) < 4.78 is 0. The Balaban J connectivity index is 1.46. The van der Waals surface area contributed by atoms with Crippen molar-refractivity contribution < 1.29 is 0 Å². The van der Waals surface area contributed by atoms with Crippen molar-refractivity contribution in [3.63, 3.8) is 0 Å². The Morgan fingerprint density at radius 1 is 0.410 bits per heavy atom. The van der Waals surface area contributed by atoms with E-state index in [0.29, 0.717) is 0 Å². The van der Waals surface area contributed by atoms with Gasteiger partial charge in [-0.1, -0.05) is 96.3 Å². The molecular formula is C35H22N2S2. The summed E-state index contributed by atoms with van der Waals surface area (Å²) in [5.41, 5.74) is 9.16. The molecule has 6 aromatic rings. The topological polar surface area (TPSA) is 25.8 Å². The van der Waals surface area contributed by atoms with Crippen LogP contribution in [0.5, 0.6) is 0 Å². The van der Waals surface area contributed by atoms with Crippen LogP contribution < -0.4 is 0 Å². The summed E-state index contributed by atoms with van der Waals surface area (Å²) in [6.45, 7) is 0. The number of rotatable bonds is 2. The van der Waals surface area contributed by atoms with Crippen LogP contribution in [0.15, 0.2) is 153 Å². The first-order valence-electron chi connectivity index (χ1n) is 13.0. The molecule has 2 aliphatic heterocycles. The zero-order chi connectivity index (χ0) is 25.8. The smallest absolute Gasteiger partial charge is 0.0745 e. The van der Waals surface area contributed by atoms with Crippen molar-refractivity contribution in [2.24, 2.45) is 0 Å². The van der Waals surface area contributed by atoms with Gasteiger partial charge in [-0.25, -0.2) is 0 Å². The second-order valence-electron chi connectivity index (χ2n) is 9.80. The summed E-state index contributed by atoms with van der Waals surface area (Å²) in [6, 6.07) is 43.9. The van der Waals surface area contributed by atoms with Crippen LogP contribution in [0.2, 0.25) is 0 Å². The molecule has 0 atom stereocenters. The minimum absolute atomic E-state index is 0.417. The molecule has 0 saturated heterocycles. The molecule has 4 heteroatoms. The molecule has 2 aromatic heterocycles. The van der Waals surface area contributed by atoms with Gasteiger partial charge in [0.15, 0.2) is 0 Å². The SMILES string of the molecule is c1ccc(-c2ccc3c(c2)Sc2cc(-c4ccccn4)ccc2C32c3ccccc3Sc3ccccc32)nc1. The van der Waals surface area contributed by atoms with E-state index in [2.05, 4.69) is 119 Å². The minimum atomic E-state index is -0.417. The van der Waals surface area contributed by atoms with Gasteiger partial charge in [0.1, 0.15) is 0 Å². The van der Waals surface area contributed by atoms with Crippen LogP contribution >= 0.6 is 23.5 Å². The number of pyridine rings is 2. The van der Waals surface area contributed by atoms with Crippen LogP contribution in [0.1, 0.15) is 22.3 Å². The minimum Gasteiger partial charge on any atom is -0.256 e. The molecule has 184 valence electrons. The second kappa shape index (κ2) is 8.98. The van der Waals surface area contributed by atoms with E-state index < -0.39 is 5.41 Å². The average molecular weight is 535 g/mol. The molecule has 0 unspecified atom stereocenters. The second-order valence-corrected chi connectivity index (χ2v) is 12.0. The van der Waals surface area contributed by atoms with Gasteiger partial charge >= 0.3 is 0 Å². The van der Waals surface area contributed by atoms with Crippen LogP contribution in [0.25, 0.3) is 22.5 Å². The van der Waals surface area contributed by atoms with Crippen LogP contribution in [-0.4, -0.2) is 9.97 Å². The lowest BCUT2D eigenvalue weighted by atomic mass is 9.64. The molecule has 0 bridgehead atoms. The molecular weight excluding hydrogens is 513 g/mol. The lowest BCUT2D eigenvalue weighted by Gasteiger charge is -2.45. The molecule has 8 rings (SSSR count). The molecule has 4 heterocycles. The lowest BCUT2D eigenvalue weighted by Crippen LogP contribution is -2.36. The van der Waals surface area contributed by atoms with E-state index >= 15 is 0 Å². The number of nitrogens with zero attached hydrogens (tertiary/aromatic N) is 2. The summed E-state index contributed by atoms with van der Waals surface area (Å²) in [4.78, 5) is 14.4. The normalized spacial score (nSPS) is 14.2. The van der Waals surface area contributed by atoms with E-state index in [-0.39, 0.29) is 0 Å². The van der Waals surface area contributed by atoms with Crippen LogP contribution in [0.4, 0.5) is 0 Å². The van der Waals surface area contributed by atoms with Gasteiger partial charge in [0.2, 0.25) is 0 Å². The maximum Gasteiger partial charge on any atom is 0.0745 e. The van der Waals surface area contributed by atoms with Crippen LogP contribution in [0.3, 0.4) is 0 Å². The van der Waals surface area contributed by atoms with E-state index in [1.54, 1.807) is 0 Å². The van der Waals surface area contributed by atoms with Gasteiger partial charge in [-0.15, -0.1) is 0 Å². The highest BCUT2D eigenvalue weighted by molar-refractivity contribution is 8.00. The Morgan fingerprint density at radius 2 is 0.846 bits per heavy atom. The third-order valence-corrected chi connectivity index (χ3v) is 9.98. The first-order valence-corrected chi connectivity index (χ1v) is 14.6. The molecule has 2 aliphatic rings. The van der Waals surface area contributed by atoms with Gasteiger partial charge in [0, 0.05) is 43.1 Å². The van der Waals surface area contributed by atoms with Gasteiger partial charge in [0.05, 0.1) is 16.8 Å². The Bertz CT molecular complexity index is 1730. The number of benzene rings is 4. The van der Waals surface area contributed by atoms with Crippen molar-refractivity contribution in [3.8, 4) is 22.5 Å². The predicted molar refractivity (Wildman–Crippen MR) is 159 cm³/mol. The maximum atomic E-state index is 4.65. The molecule has 0 radical (unpaired) electrons. The van der Waals surface area contributed by atoms with E-state index in [1.165, 1.54) is 41.8 Å². The van der Waals surface area contributed by atoms with E-state index in [1.807, 2.05) is 48.1 Å². The largest absolute Gasteiger partial charge is 0.256 e. The van der Waals surface area contributed by atoms with Gasteiger partial charge in [0.25, 0.3) is 0 Å². The lowest BCUT2D eigenvalue weighted by molar-refractivity contribution is 0.667. The van der Waals surface area contributed by atoms with E-state index in [0.717, 1.165) is 22.5 Å². The highest BCUT2D eigenvalue weighted by atomic mass is 32.2. The zero-order valence-corrected chi connectivity index (χ0v) is 22.5. The number of hydrogen-bond donors (Lipinski definition) is 0. The first-order chi connectivity index (χ1) is 19.3. The first kappa shape index (κ1) is 22.8. The van der Waals surface area contributed by atoms with Gasteiger partial charge in [-0.3, -0.25) is 9.97 Å². The fraction of sp³-hybridized carbons (Fsp3) is 0.0286. The Labute approximate surface area is 236 Å². The molecule has 39 heavy (non-hydrogen) atoms. The monoisotopic (exact) mass is 534 g/mol. The Morgan fingerprint density at radius 3 is 1.33 bits per heavy atom. The van der Waals surface area contributed by atoms with Crippen molar-refractivity contribution in [2.75, 3.05) is 0 Å². The molecule has 2 nitrogen and oxygen atoms in total. The van der Waals surface area contributed by atoms with Gasteiger partial charge < -0.3 is 0 Å². The van der Waals surface area contributed by atoms with E-state index in [4.69, 9.17) is 0 Å². The molecule has 4 aromatic carbocycles. The molecule has 0 saturated carbocycles. The third kappa shape index (κ3) is 3.45. The predicted octanol–water partition coefficient (Wildman–Crippen LogP) is 9.12. The maximum absolute atomic E-state index is 4.65. The van der Waals surface area contributed by atoms with Gasteiger partial charge in [-0.05, 0) is 70.8 Å². The standard InChI is InChI=1S/C35H22N2S2/c1-3-13-31-25(9-1)35(26-10-2-4-14-32(26)38-31)27-17-15-23(29-11-5-7-19-36-29)21-33(27)39-34-22-24(16-18-28(34)35)30-12-6-8-20-37-30/h1-22H. The van der Waals surface area contributed by atoms with Gasteiger partial charge in [-0.2, -0.15) is 0 Å².